The van der Waals surface area contributed by atoms with E-state index in [1.54, 1.807) is 0 Å². The minimum Gasteiger partial charge on any atom is -0.360 e. The molecule has 35 heavy (non-hydrogen) atoms. The molecule has 0 spiro atoms. The van der Waals surface area contributed by atoms with Gasteiger partial charge >= 0.3 is 0 Å². The van der Waals surface area contributed by atoms with Gasteiger partial charge in [-0.05, 0) is 70.8 Å². The third-order valence-electron chi connectivity index (χ3n) is 10.2. The van der Waals surface area contributed by atoms with E-state index in [9.17, 15) is 0 Å². The van der Waals surface area contributed by atoms with Crippen molar-refractivity contribution in [1.82, 2.24) is 25.3 Å². The molecule has 0 aromatic heterocycles. The highest BCUT2D eigenvalue weighted by atomic mass is 32.1. The predicted molar refractivity (Wildman–Crippen MR) is 147 cm³/mol. The number of hydrogen-bond donors (Lipinski definition) is 4. The number of hydrogen-bond acceptors (Lipinski definition) is 4. The summed E-state index contributed by atoms with van der Waals surface area (Å²) in [6.07, 6.45) is 12.9. The van der Waals surface area contributed by atoms with E-state index in [1.807, 2.05) is 4.90 Å². The number of nitrogens with two attached hydrogens (primary N) is 1. The molecule has 1 saturated carbocycles. The second-order valence-electron chi connectivity index (χ2n) is 12.6. The molecule has 6 rings (SSSR count). The first kappa shape index (κ1) is 26.1. The first-order valence-electron chi connectivity index (χ1n) is 14.9. The molecule has 5 saturated heterocycles. The molecular weight excluding hydrogens is 454 g/mol. The Bertz CT molecular complexity index is 668. The molecular formula is C27H53N7S+2. The first-order chi connectivity index (χ1) is 17.0. The van der Waals surface area contributed by atoms with Crippen LogP contribution in [0.1, 0.15) is 57.8 Å². The van der Waals surface area contributed by atoms with Gasteiger partial charge in [-0.15, -0.1) is 0 Å². The van der Waals surface area contributed by atoms with Crippen molar-refractivity contribution in [2.45, 2.75) is 82.1 Å². The van der Waals surface area contributed by atoms with Gasteiger partial charge in [0.1, 0.15) is 12.2 Å². The number of rotatable bonds is 7. The van der Waals surface area contributed by atoms with Crippen molar-refractivity contribution < 1.29 is 10.2 Å². The van der Waals surface area contributed by atoms with Crippen LogP contribution >= 0.6 is 12.2 Å². The molecule has 5 aliphatic heterocycles. The van der Waals surface area contributed by atoms with Crippen LogP contribution in [-0.4, -0.2) is 117 Å². The van der Waals surface area contributed by atoms with Crippen LogP contribution in [0.5, 0.6) is 0 Å². The minimum absolute atomic E-state index is 0.558. The Labute approximate surface area is 219 Å². The number of piperidine rings is 4. The molecule has 0 aromatic carbocycles. The average molecular weight is 508 g/mol. The Kier molecular flexibility index (Phi) is 9.22. The van der Waals surface area contributed by atoms with E-state index < -0.39 is 0 Å². The zero-order valence-electron chi connectivity index (χ0n) is 22.5. The van der Waals surface area contributed by atoms with Crippen molar-refractivity contribution in [1.29, 1.82) is 0 Å². The van der Waals surface area contributed by atoms with E-state index in [0.29, 0.717) is 6.04 Å². The van der Waals surface area contributed by atoms with Gasteiger partial charge in [0.25, 0.3) is 0 Å². The number of thiocarbonyl (C=S) groups is 1. The Morgan fingerprint density at radius 2 is 1.83 bits per heavy atom. The quantitative estimate of drug-likeness (QED) is 0.342. The van der Waals surface area contributed by atoms with Gasteiger partial charge in [0.05, 0.1) is 26.2 Å². The lowest BCUT2D eigenvalue weighted by Gasteiger charge is -2.49. The molecule has 5 heterocycles. The lowest BCUT2D eigenvalue weighted by atomic mass is 9.75. The number of quaternary nitrogens is 2. The standard InChI is InChI=1S/C27H51N7S/c1-31(2)24-8-6-23(7-9-24)30-27(35)29-18-25-17-21-10-12-34(25)20-22(21)19-32-13-15-33(16-14-32)26-5-3-4-11-28-26/h21-26,28H,3-20H2,1-2H3,(H2,29,30,35)/p+2. The molecule has 2 bridgehead atoms. The van der Waals surface area contributed by atoms with Crippen molar-refractivity contribution in [3.63, 3.8) is 0 Å². The third kappa shape index (κ3) is 6.88. The lowest BCUT2D eigenvalue weighted by Crippen LogP contribution is -3.20. The van der Waals surface area contributed by atoms with Crippen LogP contribution in [0, 0.1) is 11.8 Å². The van der Waals surface area contributed by atoms with E-state index in [-0.39, 0.29) is 0 Å². The Morgan fingerprint density at radius 1 is 1.03 bits per heavy atom. The fraction of sp³-hybridized carbons (Fsp3) is 0.963. The smallest absolute Gasteiger partial charge is 0.166 e. The second kappa shape index (κ2) is 12.4. The molecule has 8 heteroatoms. The van der Waals surface area contributed by atoms with E-state index >= 15 is 0 Å². The molecule has 7 nitrogen and oxygen atoms in total. The summed E-state index contributed by atoms with van der Waals surface area (Å²) in [5.74, 6) is 1.83. The maximum absolute atomic E-state index is 5.70. The number of fused-ring (bicyclic) bond motifs is 3. The zero-order valence-corrected chi connectivity index (χ0v) is 23.3. The fourth-order valence-corrected chi connectivity index (χ4v) is 8.17. The average Bonchev–Trinajstić information content (AvgIpc) is 2.89. The zero-order chi connectivity index (χ0) is 24.2. The summed E-state index contributed by atoms with van der Waals surface area (Å²) >= 11 is 5.70. The highest BCUT2D eigenvalue weighted by Gasteiger charge is 2.44. The summed E-state index contributed by atoms with van der Waals surface area (Å²) < 4.78 is 0. The van der Waals surface area contributed by atoms with Gasteiger partial charge in [-0.2, -0.15) is 0 Å². The molecule has 6 aliphatic rings. The predicted octanol–water partition coefficient (Wildman–Crippen LogP) is -0.692. The summed E-state index contributed by atoms with van der Waals surface area (Å²) in [7, 11) is 4.42. The van der Waals surface area contributed by atoms with Gasteiger partial charge in [0.15, 0.2) is 5.11 Å². The molecule has 6 fully saturated rings. The normalized spacial score (nSPS) is 39.0. The number of nitrogens with one attached hydrogen (secondary N) is 3. The van der Waals surface area contributed by atoms with Crippen molar-refractivity contribution in [3.8, 4) is 0 Å². The monoisotopic (exact) mass is 507 g/mol. The van der Waals surface area contributed by atoms with Crippen LogP contribution in [0.25, 0.3) is 0 Å². The highest BCUT2D eigenvalue weighted by molar-refractivity contribution is 7.80. The van der Waals surface area contributed by atoms with Crippen LogP contribution in [0.2, 0.25) is 0 Å². The molecule has 5 N–H and O–H groups in total. The molecule has 5 unspecified atom stereocenters. The van der Waals surface area contributed by atoms with Crippen molar-refractivity contribution in [2.75, 3.05) is 73.0 Å². The van der Waals surface area contributed by atoms with E-state index in [4.69, 9.17) is 12.2 Å². The molecule has 5 atom stereocenters. The van der Waals surface area contributed by atoms with Crippen LogP contribution in [-0.2, 0) is 0 Å². The number of piperazine rings is 1. The van der Waals surface area contributed by atoms with Crippen LogP contribution in [0.3, 0.4) is 0 Å². The van der Waals surface area contributed by atoms with Crippen molar-refractivity contribution in [3.05, 3.63) is 0 Å². The maximum atomic E-state index is 5.70. The largest absolute Gasteiger partial charge is 0.360 e. The summed E-state index contributed by atoms with van der Waals surface area (Å²) in [5.41, 5.74) is 0. The Balaban J connectivity index is 0.995. The SMILES string of the molecule is CN(C)C1CCC(NC(=S)NCC2CC3CC[NH+]2CC3CN2CCN(C3CCCC[NH2+]3)CC2)CC1. The maximum Gasteiger partial charge on any atom is 0.166 e. The van der Waals surface area contributed by atoms with Gasteiger partial charge in [0, 0.05) is 70.0 Å². The van der Waals surface area contributed by atoms with E-state index in [1.165, 1.54) is 110 Å². The molecule has 1 aliphatic carbocycles. The van der Waals surface area contributed by atoms with E-state index in [2.05, 4.69) is 44.7 Å². The molecule has 0 radical (unpaired) electrons. The minimum atomic E-state index is 0.558. The van der Waals surface area contributed by atoms with Gasteiger partial charge < -0.3 is 30.7 Å². The van der Waals surface area contributed by atoms with Gasteiger partial charge in [-0.3, -0.25) is 4.90 Å². The van der Waals surface area contributed by atoms with Crippen LogP contribution in [0.4, 0.5) is 0 Å². The topological polar surface area (TPSA) is 54.8 Å². The van der Waals surface area contributed by atoms with Gasteiger partial charge in [-0.1, -0.05) is 0 Å². The summed E-state index contributed by atoms with van der Waals surface area (Å²) in [5, 5.41) is 10.7. The summed E-state index contributed by atoms with van der Waals surface area (Å²) in [4.78, 5) is 9.78. The van der Waals surface area contributed by atoms with Crippen LogP contribution < -0.4 is 20.9 Å². The Morgan fingerprint density at radius 3 is 2.49 bits per heavy atom. The molecule has 200 valence electrons. The highest BCUT2D eigenvalue weighted by Crippen LogP contribution is 2.28. The fourth-order valence-electron chi connectivity index (χ4n) is 7.92. The number of nitrogens with zero attached hydrogens (tertiary/aromatic N) is 3. The van der Waals surface area contributed by atoms with Crippen molar-refractivity contribution >= 4 is 17.3 Å². The Hall–Kier alpha value is -0.510. The van der Waals surface area contributed by atoms with Gasteiger partial charge in [-0.25, -0.2) is 0 Å². The summed E-state index contributed by atoms with van der Waals surface area (Å²) in [6.45, 7) is 11.6. The summed E-state index contributed by atoms with van der Waals surface area (Å²) in [6, 6.07) is 2.05. The molecule has 0 amide bonds. The second-order valence-corrected chi connectivity index (χ2v) is 13.0. The van der Waals surface area contributed by atoms with E-state index in [0.717, 1.165) is 41.7 Å². The van der Waals surface area contributed by atoms with Gasteiger partial charge in [0.2, 0.25) is 0 Å². The van der Waals surface area contributed by atoms with Crippen molar-refractivity contribution in [2.24, 2.45) is 11.8 Å². The molecule has 0 aromatic rings. The first-order valence-corrected chi connectivity index (χ1v) is 15.3. The third-order valence-corrected chi connectivity index (χ3v) is 10.5. The lowest BCUT2D eigenvalue weighted by molar-refractivity contribution is -0.945. The van der Waals surface area contributed by atoms with Crippen LogP contribution in [0.15, 0.2) is 0 Å².